The molecule has 1 atom stereocenters. The van der Waals surface area contributed by atoms with Gasteiger partial charge in [0.25, 0.3) is 5.91 Å². The van der Waals surface area contributed by atoms with Crippen molar-refractivity contribution in [3.05, 3.63) is 29.3 Å². The second-order valence-electron chi connectivity index (χ2n) is 4.52. The van der Waals surface area contributed by atoms with E-state index < -0.39 is 0 Å². The number of hydrogen-bond acceptors (Lipinski definition) is 3. The Bertz CT molecular complexity index is 431. The fourth-order valence-electron chi connectivity index (χ4n) is 2.13. The first-order valence-electron chi connectivity index (χ1n) is 5.91. The monoisotopic (exact) mass is 234 g/mol. The maximum atomic E-state index is 12.3. The fourth-order valence-corrected chi connectivity index (χ4v) is 2.13. The Balaban J connectivity index is 2.27. The minimum Gasteiger partial charge on any atom is -0.507 e. The van der Waals surface area contributed by atoms with Crippen molar-refractivity contribution in [3.63, 3.8) is 0 Å². The molecule has 1 aliphatic rings. The number of aryl methyl sites for hydroxylation is 1. The second kappa shape index (κ2) is 4.75. The van der Waals surface area contributed by atoms with Crippen LogP contribution in [0.25, 0.3) is 0 Å². The maximum Gasteiger partial charge on any atom is 0.257 e. The molecule has 1 saturated heterocycles. The van der Waals surface area contributed by atoms with Crippen LogP contribution in [0.3, 0.4) is 0 Å². The molecule has 92 valence electrons. The normalized spacial score (nSPS) is 20.4. The Hall–Kier alpha value is -1.55. The van der Waals surface area contributed by atoms with Crippen LogP contribution in [0, 0.1) is 6.92 Å². The Labute approximate surface area is 101 Å². The Morgan fingerprint density at radius 2 is 2.29 bits per heavy atom. The third kappa shape index (κ3) is 2.26. The summed E-state index contributed by atoms with van der Waals surface area (Å²) in [7, 11) is 0. The number of benzene rings is 1. The molecule has 0 aliphatic carbocycles. The average Bonchev–Trinajstić information content (AvgIpc) is 2.32. The van der Waals surface area contributed by atoms with Crippen molar-refractivity contribution in [2.45, 2.75) is 19.9 Å². The predicted octanol–water partition coefficient (Wildman–Crippen LogP) is 1.13. The molecular weight excluding hydrogens is 216 g/mol. The van der Waals surface area contributed by atoms with E-state index in [1.165, 1.54) is 0 Å². The summed E-state index contributed by atoms with van der Waals surface area (Å²) >= 11 is 0. The van der Waals surface area contributed by atoms with Crippen LogP contribution in [0.1, 0.15) is 22.8 Å². The van der Waals surface area contributed by atoms with Crippen molar-refractivity contribution >= 4 is 5.91 Å². The summed E-state index contributed by atoms with van der Waals surface area (Å²) in [5.41, 5.74) is 1.14. The third-order valence-electron chi connectivity index (χ3n) is 3.23. The van der Waals surface area contributed by atoms with Gasteiger partial charge in [-0.15, -0.1) is 0 Å². The van der Waals surface area contributed by atoms with E-state index in [0.717, 1.165) is 18.7 Å². The number of hydrogen-bond donors (Lipinski definition) is 2. The van der Waals surface area contributed by atoms with E-state index in [2.05, 4.69) is 5.32 Å². The molecule has 4 heteroatoms. The lowest BCUT2D eigenvalue weighted by molar-refractivity contribution is 0.0652. The van der Waals surface area contributed by atoms with Gasteiger partial charge < -0.3 is 15.3 Å². The number of carbonyl (C=O) groups excluding carboxylic acids is 1. The van der Waals surface area contributed by atoms with Gasteiger partial charge in [0.05, 0.1) is 5.56 Å². The molecule has 2 rings (SSSR count). The number of carbonyl (C=O) groups is 1. The number of amides is 1. The molecule has 4 nitrogen and oxygen atoms in total. The van der Waals surface area contributed by atoms with E-state index in [4.69, 9.17) is 0 Å². The van der Waals surface area contributed by atoms with Gasteiger partial charge in [-0.3, -0.25) is 4.79 Å². The Kier molecular flexibility index (Phi) is 3.33. The minimum absolute atomic E-state index is 0.0831. The summed E-state index contributed by atoms with van der Waals surface area (Å²) in [6.07, 6.45) is 0. The van der Waals surface area contributed by atoms with Gasteiger partial charge in [-0.2, -0.15) is 0 Å². The highest BCUT2D eigenvalue weighted by atomic mass is 16.3. The number of aromatic hydroxyl groups is 1. The highest BCUT2D eigenvalue weighted by molar-refractivity contribution is 5.97. The van der Waals surface area contributed by atoms with Crippen LogP contribution in [0.4, 0.5) is 0 Å². The van der Waals surface area contributed by atoms with Gasteiger partial charge in [0.2, 0.25) is 0 Å². The molecule has 1 aromatic carbocycles. The Morgan fingerprint density at radius 3 is 3.00 bits per heavy atom. The summed E-state index contributed by atoms with van der Waals surface area (Å²) < 4.78 is 0. The van der Waals surface area contributed by atoms with E-state index in [9.17, 15) is 9.90 Å². The average molecular weight is 234 g/mol. The van der Waals surface area contributed by atoms with Gasteiger partial charge in [-0.25, -0.2) is 0 Å². The molecule has 17 heavy (non-hydrogen) atoms. The highest BCUT2D eigenvalue weighted by Crippen LogP contribution is 2.23. The predicted molar refractivity (Wildman–Crippen MR) is 66.2 cm³/mol. The van der Waals surface area contributed by atoms with Crippen LogP contribution in [0.5, 0.6) is 5.75 Å². The Morgan fingerprint density at radius 1 is 1.53 bits per heavy atom. The van der Waals surface area contributed by atoms with E-state index >= 15 is 0 Å². The quantitative estimate of drug-likeness (QED) is 0.766. The van der Waals surface area contributed by atoms with Crippen molar-refractivity contribution in [1.82, 2.24) is 10.2 Å². The van der Waals surface area contributed by atoms with Crippen molar-refractivity contribution in [2.75, 3.05) is 19.6 Å². The standard InChI is InChI=1S/C13H18N2O2/c1-9-4-3-5-11(12(9)16)13(17)15-7-6-14-8-10(15)2/h3-5,10,14,16H,6-8H2,1-2H3/t10-/m0/s1. The van der Waals surface area contributed by atoms with E-state index in [1.54, 1.807) is 25.1 Å². The van der Waals surface area contributed by atoms with Crippen molar-refractivity contribution in [2.24, 2.45) is 0 Å². The number of nitrogens with zero attached hydrogens (tertiary/aromatic N) is 1. The van der Waals surface area contributed by atoms with E-state index in [0.29, 0.717) is 12.1 Å². The van der Waals surface area contributed by atoms with Crippen LogP contribution < -0.4 is 5.32 Å². The number of rotatable bonds is 1. The highest BCUT2D eigenvalue weighted by Gasteiger charge is 2.25. The van der Waals surface area contributed by atoms with Gasteiger partial charge in [0.15, 0.2) is 0 Å². The van der Waals surface area contributed by atoms with E-state index in [1.807, 2.05) is 11.8 Å². The molecule has 1 aliphatic heterocycles. The van der Waals surface area contributed by atoms with Gasteiger partial charge in [0, 0.05) is 25.7 Å². The summed E-state index contributed by atoms with van der Waals surface area (Å²) in [5, 5.41) is 13.2. The molecule has 0 bridgehead atoms. The van der Waals surface area contributed by atoms with Crippen molar-refractivity contribution in [1.29, 1.82) is 0 Å². The lowest BCUT2D eigenvalue weighted by Crippen LogP contribution is -2.52. The summed E-state index contributed by atoms with van der Waals surface area (Å²) in [4.78, 5) is 14.1. The van der Waals surface area contributed by atoms with Crippen LogP contribution in [-0.2, 0) is 0 Å². The van der Waals surface area contributed by atoms with Crippen molar-refractivity contribution < 1.29 is 9.90 Å². The third-order valence-corrected chi connectivity index (χ3v) is 3.23. The largest absolute Gasteiger partial charge is 0.507 e. The number of phenols is 1. The molecule has 0 saturated carbocycles. The minimum atomic E-state index is -0.0831. The molecular formula is C13H18N2O2. The fraction of sp³-hybridized carbons (Fsp3) is 0.462. The molecule has 0 radical (unpaired) electrons. The lowest BCUT2D eigenvalue weighted by atomic mass is 10.1. The van der Waals surface area contributed by atoms with Crippen molar-refractivity contribution in [3.8, 4) is 5.75 Å². The van der Waals surface area contributed by atoms with Gasteiger partial charge >= 0.3 is 0 Å². The first-order valence-corrected chi connectivity index (χ1v) is 5.91. The number of piperazine rings is 1. The second-order valence-corrected chi connectivity index (χ2v) is 4.52. The molecule has 2 N–H and O–H groups in total. The van der Waals surface area contributed by atoms with Crippen LogP contribution >= 0.6 is 0 Å². The molecule has 0 aromatic heterocycles. The molecule has 1 heterocycles. The molecule has 0 spiro atoms. The van der Waals surface area contributed by atoms with Crippen LogP contribution in [-0.4, -0.2) is 41.6 Å². The molecule has 1 aromatic rings. The number of phenolic OH excluding ortho intramolecular Hbond substituents is 1. The van der Waals surface area contributed by atoms with E-state index in [-0.39, 0.29) is 17.7 Å². The zero-order valence-corrected chi connectivity index (χ0v) is 10.2. The first kappa shape index (κ1) is 11.9. The SMILES string of the molecule is Cc1cccc(C(=O)N2CCNC[C@@H]2C)c1O. The number of nitrogens with one attached hydrogen (secondary N) is 1. The maximum absolute atomic E-state index is 12.3. The zero-order valence-electron chi connectivity index (χ0n) is 10.2. The van der Waals surface area contributed by atoms with Crippen LogP contribution in [0.2, 0.25) is 0 Å². The molecule has 1 amide bonds. The number of para-hydroxylation sites is 1. The first-order chi connectivity index (χ1) is 8.11. The summed E-state index contributed by atoms with van der Waals surface area (Å²) in [5.74, 6) is 0.0171. The van der Waals surface area contributed by atoms with Gasteiger partial charge in [-0.1, -0.05) is 12.1 Å². The van der Waals surface area contributed by atoms with Crippen LogP contribution in [0.15, 0.2) is 18.2 Å². The molecule has 1 fully saturated rings. The topological polar surface area (TPSA) is 52.6 Å². The zero-order chi connectivity index (χ0) is 12.4. The lowest BCUT2D eigenvalue weighted by Gasteiger charge is -2.34. The molecule has 0 unspecified atom stereocenters. The summed E-state index contributed by atoms with van der Waals surface area (Å²) in [6.45, 7) is 6.11. The summed E-state index contributed by atoms with van der Waals surface area (Å²) in [6, 6.07) is 5.44. The smallest absolute Gasteiger partial charge is 0.257 e. The van der Waals surface area contributed by atoms with Gasteiger partial charge in [0.1, 0.15) is 5.75 Å². The van der Waals surface area contributed by atoms with Gasteiger partial charge in [-0.05, 0) is 25.5 Å².